The molecule has 9 heteroatoms. The minimum atomic E-state index is -0.924. The highest BCUT2D eigenvalue weighted by Crippen LogP contribution is 2.30. The Morgan fingerprint density at radius 1 is 1.20 bits per heavy atom. The molecule has 0 bridgehead atoms. The number of carbonyl (C=O) groups excluding carboxylic acids is 1. The maximum absolute atomic E-state index is 14.1. The lowest BCUT2D eigenvalue weighted by atomic mass is 9.92. The van der Waals surface area contributed by atoms with Crippen LogP contribution in [-0.2, 0) is 0 Å². The molecule has 1 N–H and O–H groups in total. The average molecular weight is 413 g/mol. The van der Waals surface area contributed by atoms with Gasteiger partial charge in [0.2, 0.25) is 5.88 Å². The Bertz CT molecular complexity index is 1080. The molecule has 1 aliphatic heterocycles. The van der Waals surface area contributed by atoms with E-state index in [2.05, 4.69) is 20.4 Å². The zero-order chi connectivity index (χ0) is 21.3. The fourth-order valence-corrected chi connectivity index (χ4v) is 3.53. The molecule has 2 aromatic heterocycles. The highest BCUT2D eigenvalue weighted by atomic mass is 19.2. The van der Waals surface area contributed by atoms with Gasteiger partial charge in [0.05, 0.1) is 11.4 Å². The Morgan fingerprint density at radius 2 is 1.97 bits per heavy atom. The maximum Gasteiger partial charge on any atom is 0.324 e. The second-order valence-electron chi connectivity index (χ2n) is 7.34. The normalized spacial score (nSPS) is 14.7. The topological polar surface area (TPSA) is 84.2 Å². The predicted molar refractivity (Wildman–Crippen MR) is 106 cm³/mol. The van der Waals surface area contributed by atoms with Crippen molar-refractivity contribution in [2.75, 3.05) is 18.4 Å². The van der Waals surface area contributed by atoms with Gasteiger partial charge in [0.15, 0.2) is 11.6 Å². The van der Waals surface area contributed by atoms with E-state index in [1.165, 1.54) is 18.5 Å². The Morgan fingerprint density at radius 3 is 2.67 bits per heavy atom. The van der Waals surface area contributed by atoms with Crippen molar-refractivity contribution < 1.29 is 18.1 Å². The summed E-state index contributed by atoms with van der Waals surface area (Å²) in [5.41, 5.74) is 2.74. The number of benzene rings is 1. The van der Waals surface area contributed by atoms with Gasteiger partial charge in [-0.3, -0.25) is 5.32 Å². The van der Waals surface area contributed by atoms with Crippen LogP contribution < -0.4 is 5.32 Å². The van der Waals surface area contributed by atoms with Gasteiger partial charge >= 0.3 is 6.03 Å². The first-order valence-electron chi connectivity index (χ1n) is 9.69. The monoisotopic (exact) mass is 413 g/mol. The van der Waals surface area contributed by atoms with Crippen molar-refractivity contribution in [2.45, 2.75) is 32.6 Å². The van der Waals surface area contributed by atoms with Gasteiger partial charge in [-0.1, -0.05) is 11.2 Å². The van der Waals surface area contributed by atoms with E-state index in [1.807, 2.05) is 13.8 Å². The molecular formula is C21H21F2N5O2. The summed E-state index contributed by atoms with van der Waals surface area (Å²) in [5.74, 6) is -1.38. The molecule has 1 aliphatic rings. The quantitative estimate of drug-likeness (QED) is 0.686. The minimum absolute atomic E-state index is 0.0988. The molecule has 7 nitrogen and oxygen atoms in total. The number of urea groups is 1. The number of piperidine rings is 1. The molecule has 3 aromatic rings. The van der Waals surface area contributed by atoms with Crippen LogP contribution in [0.3, 0.4) is 0 Å². The number of aromatic nitrogens is 3. The Balaban J connectivity index is 1.42. The van der Waals surface area contributed by atoms with Crippen LogP contribution in [0.5, 0.6) is 0 Å². The van der Waals surface area contributed by atoms with Crippen LogP contribution >= 0.6 is 0 Å². The van der Waals surface area contributed by atoms with E-state index >= 15 is 0 Å². The van der Waals surface area contributed by atoms with E-state index < -0.39 is 11.6 Å². The standard InChI is InChI=1S/C21H21F2N5O2/c1-12-13(2)27-30-20(12)26-21(29)28-8-6-14(7-9-28)17-10-18(25-11-24-17)15-4-3-5-16(22)19(15)23/h3-5,10-11,14H,6-9H2,1-2H3,(H,26,29). The number of rotatable bonds is 3. The molecule has 1 saturated heterocycles. The molecule has 2 amide bonds. The number of nitrogens with zero attached hydrogens (tertiary/aromatic N) is 4. The third-order valence-electron chi connectivity index (χ3n) is 5.49. The molecule has 0 aliphatic carbocycles. The number of hydrogen-bond acceptors (Lipinski definition) is 5. The van der Waals surface area contributed by atoms with Gasteiger partial charge in [0.25, 0.3) is 0 Å². The summed E-state index contributed by atoms with van der Waals surface area (Å²) in [6.45, 7) is 4.72. The molecule has 0 unspecified atom stereocenters. The zero-order valence-corrected chi connectivity index (χ0v) is 16.7. The highest BCUT2D eigenvalue weighted by Gasteiger charge is 2.26. The molecule has 0 saturated carbocycles. The summed E-state index contributed by atoms with van der Waals surface area (Å²) < 4.78 is 32.8. The number of halogens is 2. The minimum Gasteiger partial charge on any atom is -0.338 e. The lowest BCUT2D eigenvalue weighted by molar-refractivity contribution is 0.193. The summed E-state index contributed by atoms with van der Waals surface area (Å²) in [6, 6.07) is 5.47. The molecule has 3 heterocycles. The summed E-state index contributed by atoms with van der Waals surface area (Å²) in [7, 11) is 0. The van der Waals surface area contributed by atoms with Crippen LogP contribution in [0.2, 0.25) is 0 Å². The molecule has 1 aromatic carbocycles. The third kappa shape index (κ3) is 3.87. The van der Waals surface area contributed by atoms with E-state index in [9.17, 15) is 13.6 Å². The Hall–Kier alpha value is -3.36. The van der Waals surface area contributed by atoms with E-state index in [4.69, 9.17) is 4.52 Å². The van der Waals surface area contributed by atoms with Crippen molar-refractivity contribution in [1.82, 2.24) is 20.0 Å². The van der Waals surface area contributed by atoms with Crippen molar-refractivity contribution in [3.8, 4) is 11.3 Å². The van der Waals surface area contributed by atoms with Gasteiger partial charge in [-0.05, 0) is 44.9 Å². The third-order valence-corrected chi connectivity index (χ3v) is 5.49. The summed E-state index contributed by atoms with van der Waals surface area (Å²) in [6.07, 6.45) is 2.76. The van der Waals surface area contributed by atoms with E-state index in [0.29, 0.717) is 37.5 Å². The van der Waals surface area contributed by atoms with E-state index in [0.717, 1.165) is 23.0 Å². The Kier molecular flexibility index (Phi) is 5.43. The molecule has 0 spiro atoms. The van der Waals surface area contributed by atoms with Gasteiger partial charge in [-0.25, -0.2) is 23.5 Å². The van der Waals surface area contributed by atoms with Gasteiger partial charge in [-0.15, -0.1) is 0 Å². The van der Waals surface area contributed by atoms with Gasteiger partial charge in [0, 0.05) is 35.8 Å². The van der Waals surface area contributed by atoms with E-state index in [1.54, 1.807) is 11.0 Å². The second-order valence-corrected chi connectivity index (χ2v) is 7.34. The summed E-state index contributed by atoms with van der Waals surface area (Å²) >= 11 is 0. The van der Waals surface area contributed by atoms with Crippen LogP contribution in [0.1, 0.15) is 35.7 Å². The molecule has 156 valence electrons. The van der Waals surface area contributed by atoms with Crippen molar-refractivity contribution >= 4 is 11.9 Å². The largest absolute Gasteiger partial charge is 0.338 e. The van der Waals surface area contributed by atoms with Crippen LogP contribution in [-0.4, -0.2) is 39.1 Å². The van der Waals surface area contributed by atoms with Gasteiger partial charge in [0.1, 0.15) is 6.33 Å². The second kappa shape index (κ2) is 8.17. The average Bonchev–Trinajstić information content (AvgIpc) is 3.08. The molecule has 0 atom stereocenters. The van der Waals surface area contributed by atoms with Crippen LogP contribution in [0.25, 0.3) is 11.3 Å². The number of nitrogens with one attached hydrogen (secondary N) is 1. The first-order valence-corrected chi connectivity index (χ1v) is 9.69. The number of carbonyl (C=O) groups is 1. The predicted octanol–water partition coefficient (Wildman–Crippen LogP) is 4.44. The number of aryl methyl sites for hydroxylation is 1. The van der Waals surface area contributed by atoms with Crippen molar-refractivity contribution in [1.29, 1.82) is 0 Å². The van der Waals surface area contributed by atoms with Crippen LogP contribution in [0, 0.1) is 25.5 Å². The number of hydrogen-bond donors (Lipinski definition) is 1. The van der Waals surface area contributed by atoms with Crippen LogP contribution in [0.4, 0.5) is 19.5 Å². The number of amides is 2. The first-order chi connectivity index (χ1) is 14.4. The van der Waals surface area contributed by atoms with E-state index in [-0.39, 0.29) is 17.5 Å². The molecule has 30 heavy (non-hydrogen) atoms. The zero-order valence-electron chi connectivity index (χ0n) is 16.7. The number of anilines is 1. The summed E-state index contributed by atoms with van der Waals surface area (Å²) in [4.78, 5) is 22.6. The molecule has 0 radical (unpaired) electrons. The summed E-state index contributed by atoms with van der Waals surface area (Å²) in [5, 5.41) is 6.59. The van der Waals surface area contributed by atoms with Crippen molar-refractivity contribution in [3.63, 3.8) is 0 Å². The molecule has 1 fully saturated rings. The van der Waals surface area contributed by atoms with Crippen molar-refractivity contribution in [3.05, 3.63) is 59.2 Å². The lowest BCUT2D eigenvalue weighted by Gasteiger charge is -2.31. The maximum atomic E-state index is 14.1. The highest BCUT2D eigenvalue weighted by molar-refractivity contribution is 5.88. The van der Waals surface area contributed by atoms with Gasteiger partial charge in [-0.2, -0.15) is 0 Å². The number of likely N-dealkylation sites (tertiary alicyclic amines) is 1. The molecular weight excluding hydrogens is 392 g/mol. The Labute approximate surface area is 172 Å². The first kappa shape index (κ1) is 19.9. The smallest absolute Gasteiger partial charge is 0.324 e. The SMILES string of the molecule is Cc1noc(NC(=O)N2CCC(c3cc(-c4cccc(F)c4F)ncn3)CC2)c1C. The van der Waals surface area contributed by atoms with Gasteiger partial charge < -0.3 is 9.42 Å². The van der Waals surface area contributed by atoms with Crippen molar-refractivity contribution in [2.24, 2.45) is 0 Å². The fourth-order valence-electron chi connectivity index (χ4n) is 3.53. The fraction of sp³-hybridized carbons (Fsp3) is 0.333. The van der Waals surface area contributed by atoms with Crippen LogP contribution in [0.15, 0.2) is 35.1 Å². The lowest BCUT2D eigenvalue weighted by Crippen LogP contribution is -2.40. The molecule has 4 rings (SSSR count).